The van der Waals surface area contributed by atoms with Crippen LogP contribution >= 0.6 is 15.9 Å². The molecule has 1 aliphatic rings. The molecule has 1 heterocycles. The number of nitrogens with zero attached hydrogens (tertiary/aromatic N) is 1. The van der Waals surface area contributed by atoms with Gasteiger partial charge < -0.3 is 15.4 Å². The summed E-state index contributed by atoms with van der Waals surface area (Å²) in [6.45, 7) is 6.10. The van der Waals surface area contributed by atoms with E-state index >= 15 is 0 Å². The first-order valence-corrected chi connectivity index (χ1v) is 6.31. The van der Waals surface area contributed by atoms with Crippen molar-refractivity contribution in [3.8, 4) is 0 Å². The molecule has 0 amide bonds. The summed E-state index contributed by atoms with van der Waals surface area (Å²) in [5.41, 5.74) is 7.10. The van der Waals surface area contributed by atoms with Gasteiger partial charge in [0.2, 0.25) is 0 Å². The number of hydrogen-bond donors (Lipinski definition) is 1. The lowest BCUT2D eigenvalue weighted by Gasteiger charge is -2.44. The average molecular weight is 303 g/mol. The lowest BCUT2D eigenvalue weighted by atomic mass is 10.0. The Labute approximate surface area is 109 Å². The summed E-state index contributed by atoms with van der Waals surface area (Å²) in [7, 11) is 0. The van der Waals surface area contributed by atoms with E-state index in [0.29, 0.717) is 23.4 Å². The van der Waals surface area contributed by atoms with Crippen molar-refractivity contribution in [2.45, 2.75) is 19.4 Å². The van der Waals surface area contributed by atoms with Crippen molar-refractivity contribution in [3.05, 3.63) is 22.4 Å². The van der Waals surface area contributed by atoms with Crippen LogP contribution in [0, 0.1) is 5.82 Å². The molecule has 17 heavy (non-hydrogen) atoms. The molecule has 1 aromatic carbocycles. The second-order valence-electron chi connectivity index (χ2n) is 4.84. The number of hydrogen-bond acceptors (Lipinski definition) is 3. The molecule has 0 radical (unpaired) electrons. The zero-order chi connectivity index (χ0) is 12.6. The van der Waals surface area contributed by atoms with Crippen molar-refractivity contribution in [2.24, 2.45) is 0 Å². The fraction of sp³-hybridized carbons (Fsp3) is 0.500. The zero-order valence-electron chi connectivity index (χ0n) is 9.96. The van der Waals surface area contributed by atoms with Gasteiger partial charge >= 0.3 is 0 Å². The molecule has 94 valence electrons. The van der Waals surface area contributed by atoms with Gasteiger partial charge in [-0.3, -0.25) is 0 Å². The number of anilines is 2. The molecule has 0 atom stereocenters. The predicted molar refractivity (Wildman–Crippen MR) is 70.8 cm³/mol. The maximum atomic E-state index is 13.6. The van der Waals surface area contributed by atoms with Crippen LogP contribution in [-0.4, -0.2) is 25.3 Å². The highest BCUT2D eigenvalue weighted by atomic mass is 79.9. The van der Waals surface area contributed by atoms with Crippen molar-refractivity contribution < 1.29 is 9.13 Å². The second-order valence-corrected chi connectivity index (χ2v) is 5.70. The Hall–Kier alpha value is -0.810. The monoisotopic (exact) mass is 302 g/mol. The molecular formula is C12H16BrFN2O. The number of halogens is 2. The summed E-state index contributed by atoms with van der Waals surface area (Å²) in [4.78, 5) is 2.10. The molecule has 0 unspecified atom stereocenters. The molecule has 1 aliphatic heterocycles. The van der Waals surface area contributed by atoms with Gasteiger partial charge in [-0.05, 0) is 35.8 Å². The molecule has 5 heteroatoms. The van der Waals surface area contributed by atoms with Crippen LogP contribution in [0.25, 0.3) is 0 Å². The van der Waals surface area contributed by atoms with Crippen LogP contribution in [0.3, 0.4) is 0 Å². The third-order valence-corrected chi connectivity index (χ3v) is 3.61. The largest absolute Gasteiger partial charge is 0.397 e. The molecule has 0 aromatic heterocycles. The van der Waals surface area contributed by atoms with E-state index in [1.165, 1.54) is 6.07 Å². The van der Waals surface area contributed by atoms with Crippen LogP contribution < -0.4 is 10.6 Å². The summed E-state index contributed by atoms with van der Waals surface area (Å²) in [5.74, 6) is -0.295. The standard InChI is InChI=1S/C12H16BrFN2O/c1-12(2)7-17-4-3-16(12)11-6-9(14)8(13)5-10(11)15/h5-6H,3-4,7,15H2,1-2H3. The summed E-state index contributed by atoms with van der Waals surface area (Å²) in [6.07, 6.45) is 0. The van der Waals surface area contributed by atoms with E-state index < -0.39 is 0 Å². The van der Waals surface area contributed by atoms with Crippen molar-refractivity contribution in [3.63, 3.8) is 0 Å². The first-order valence-electron chi connectivity index (χ1n) is 5.52. The predicted octanol–water partition coefficient (Wildman–Crippen LogP) is 2.79. The van der Waals surface area contributed by atoms with Crippen molar-refractivity contribution in [1.82, 2.24) is 0 Å². The first kappa shape index (κ1) is 12.6. The van der Waals surface area contributed by atoms with Gasteiger partial charge in [0.25, 0.3) is 0 Å². The van der Waals surface area contributed by atoms with E-state index in [9.17, 15) is 4.39 Å². The highest BCUT2D eigenvalue weighted by molar-refractivity contribution is 9.10. The molecule has 1 aromatic rings. The minimum absolute atomic E-state index is 0.174. The molecule has 0 bridgehead atoms. The topological polar surface area (TPSA) is 38.5 Å². The Morgan fingerprint density at radius 3 is 2.82 bits per heavy atom. The SMILES string of the molecule is CC1(C)COCCN1c1cc(F)c(Br)cc1N. The summed E-state index contributed by atoms with van der Waals surface area (Å²) in [6, 6.07) is 3.09. The van der Waals surface area contributed by atoms with Gasteiger partial charge in [-0.2, -0.15) is 0 Å². The lowest BCUT2D eigenvalue weighted by Crippen LogP contribution is -2.53. The number of rotatable bonds is 1. The summed E-state index contributed by atoms with van der Waals surface area (Å²) >= 11 is 3.13. The van der Waals surface area contributed by atoms with E-state index in [-0.39, 0.29) is 11.4 Å². The van der Waals surface area contributed by atoms with Gasteiger partial charge in [-0.25, -0.2) is 4.39 Å². The quantitative estimate of drug-likeness (QED) is 0.811. The Kier molecular flexibility index (Phi) is 3.32. The normalized spacial score (nSPS) is 19.4. The van der Waals surface area contributed by atoms with E-state index in [2.05, 4.69) is 34.7 Å². The highest BCUT2D eigenvalue weighted by Gasteiger charge is 2.32. The number of ether oxygens (including phenoxy) is 1. The average Bonchev–Trinajstić information content (AvgIpc) is 2.23. The number of benzene rings is 1. The van der Waals surface area contributed by atoms with Crippen LogP contribution in [0.5, 0.6) is 0 Å². The summed E-state index contributed by atoms with van der Waals surface area (Å²) < 4.78 is 19.4. The molecule has 0 aliphatic carbocycles. The Morgan fingerprint density at radius 2 is 2.18 bits per heavy atom. The van der Waals surface area contributed by atoms with Gasteiger partial charge in [0, 0.05) is 12.6 Å². The van der Waals surface area contributed by atoms with Gasteiger partial charge in [0.15, 0.2) is 0 Å². The first-order chi connectivity index (χ1) is 7.92. The van der Waals surface area contributed by atoms with E-state index in [0.717, 1.165) is 12.2 Å². The molecule has 3 nitrogen and oxygen atoms in total. The minimum Gasteiger partial charge on any atom is -0.397 e. The maximum Gasteiger partial charge on any atom is 0.139 e. The summed E-state index contributed by atoms with van der Waals surface area (Å²) in [5, 5.41) is 0. The van der Waals surface area contributed by atoms with Crippen LogP contribution in [0.1, 0.15) is 13.8 Å². The van der Waals surface area contributed by atoms with Crippen LogP contribution in [0.2, 0.25) is 0 Å². The smallest absolute Gasteiger partial charge is 0.139 e. The van der Waals surface area contributed by atoms with Gasteiger partial charge in [-0.1, -0.05) is 0 Å². The Morgan fingerprint density at radius 1 is 1.47 bits per heavy atom. The number of morpholine rings is 1. The molecule has 2 N–H and O–H groups in total. The van der Waals surface area contributed by atoms with Crippen molar-refractivity contribution in [2.75, 3.05) is 30.4 Å². The van der Waals surface area contributed by atoms with Gasteiger partial charge in [-0.15, -0.1) is 0 Å². The fourth-order valence-corrected chi connectivity index (χ4v) is 2.45. The maximum absolute atomic E-state index is 13.6. The number of nitrogens with two attached hydrogens (primary N) is 1. The molecule has 1 fully saturated rings. The molecule has 0 spiro atoms. The molecule has 1 saturated heterocycles. The van der Waals surface area contributed by atoms with Crippen molar-refractivity contribution in [1.29, 1.82) is 0 Å². The molecule has 2 rings (SSSR count). The minimum atomic E-state index is -0.295. The Balaban J connectivity index is 2.42. The van der Waals surface area contributed by atoms with Gasteiger partial charge in [0.05, 0.1) is 34.6 Å². The van der Waals surface area contributed by atoms with Crippen LogP contribution in [0.4, 0.5) is 15.8 Å². The van der Waals surface area contributed by atoms with E-state index in [1.54, 1.807) is 6.07 Å². The number of nitrogen functional groups attached to an aromatic ring is 1. The van der Waals surface area contributed by atoms with Crippen LogP contribution in [-0.2, 0) is 4.74 Å². The highest BCUT2D eigenvalue weighted by Crippen LogP contribution is 2.34. The van der Waals surface area contributed by atoms with E-state index in [1.807, 2.05) is 0 Å². The fourth-order valence-electron chi connectivity index (χ4n) is 2.09. The van der Waals surface area contributed by atoms with Crippen molar-refractivity contribution >= 4 is 27.3 Å². The lowest BCUT2D eigenvalue weighted by molar-refractivity contribution is 0.0644. The van der Waals surface area contributed by atoms with Crippen LogP contribution in [0.15, 0.2) is 16.6 Å². The van der Waals surface area contributed by atoms with E-state index in [4.69, 9.17) is 10.5 Å². The third-order valence-electron chi connectivity index (χ3n) is 3.01. The van der Waals surface area contributed by atoms with Gasteiger partial charge in [0.1, 0.15) is 5.82 Å². The third kappa shape index (κ3) is 2.40. The molecule has 0 saturated carbocycles. The zero-order valence-corrected chi connectivity index (χ0v) is 11.6. The Bertz CT molecular complexity index is 437. The second kappa shape index (κ2) is 4.46. The molecular weight excluding hydrogens is 287 g/mol.